The van der Waals surface area contributed by atoms with Crippen LogP contribution < -0.4 is 14.8 Å². The topological polar surface area (TPSA) is 88.1 Å². The van der Waals surface area contributed by atoms with E-state index in [1.807, 2.05) is 0 Å². The predicted octanol–water partition coefficient (Wildman–Crippen LogP) is 2.03. The molecule has 0 aromatic heterocycles. The van der Waals surface area contributed by atoms with Gasteiger partial charge in [-0.15, -0.1) is 0 Å². The minimum atomic E-state index is -1.32. The van der Waals surface area contributed by atoms with Crippen molar-refractivity contribution in [1.82, 2.24) is 4.90 Å². The molecule has 21 heavy (non-hydrogen) atoms. The van der Waals surface area contributed by atoms with E-state index < -0.39 is 17.5 Å². The zero-order valence-corrected chi connectivity index (χ0v) is 12.8. The molecule has 0 fully saturated rings. The van der Waals surface area contributed by atoms with E-state index in [1.165, 1.54) is 35.1 Å². The van der Waals surface area contributed by atoms with Crippen molar-refractivity contribution in [3.8, 4) is 11.5 Å². The van der Waals surface area contributed by atoms with Crippen molar-refractivity contribution in [1.29, 1.82) is 0 Å². The number of nitrogens with one attached hydrogen (secondary N) is 1. The number of carbonyl (C=O) groups is 2. The SMILES string of the molecule is COc1ccc(NC(=O)N(C)C(C)(C)C(=O)O)cc1OC. The van der Waals surface area contributed by atoms with Crippen molar-refractivity contribution >= 4 is 17.7 Å². The molecule has 2 N–H and O–H groups in total. The molecule has 7 nitrogen and oxygen atoms in total. The molecule has 0 aliphatic carbocycles. The number of nitrogens with zero attached hydrogens (tertiary/aromatic N) is 1. The quantitative estimate of drug-likeness (QED) is 0.868. The molecule has 1 aromatic rings. The third kappa shape index (κ3) is 3.56. The molecule has 0 bridgehead atoms. The normalized spacial score (nSPS) is 10.7. The number of ether oxygens (including phenoxy) is 2. The van der Waals surface area contributed by atoms with Crippen LogP contribution in [0.2, 0.25) is 0 Å². The Labute approximate surface area is 123 Å². The van der Waals surface area contributed by atoms with Crippen molar-refractivity contribution in [3.63, 3.8) is 0 Å². The minimum Gasteiger partial charge on any atom is -0.493 e. The number of aliphatic carboxylic acids is 1. The zero-order chi connectivity index (χ0) is 16.2. The van der Waals surface area contributed by atoms with Crippen LogP contribution in [0.15, 0.2) is 18.2 Å². The number of hydrogen-bond donors (Lipinski definition) is 2. The van der Waals surface area contributed by atoms with Gasteiger partial charge in [-0.05, 0) is 26.0 Å². The molecule has 1 aromatic carbocycles. The molecule has 0 radical (unpaired) electrons. The van der Waals surface area contributed by atoms with Crippen LogP contribution in [0, 0.1) is 0 Å². The number of anilines is 1. The molecule has 0 aliphatic rings. The molecule has 0 atom stereocenters. The van der Waals surface area contributed by atoms with E-state index in [0.29, 0.717) is 17.2 Å². The summed E-state index contributed by atoms with van der Waals surface area (Å²) in [5, 5.41) is 11.7. The van der Waals surface area contributed by atoms with Crippen molar-refractivity contribution in [2.24, 2.45) is 0 Å². The Bertz CT molecular complexity index is 542. The summed E-state index contributed by atoms with van der Waals surface area (Å²) in [5.41, 5.74) is -0.841. The van der Waals surface area contributed by atoms with Gasteiger partial charge in [0.15, 0.2) is 11.5 Å². The molecule has 0 heterocycles. The van der Waals surface area contributed by atoms with Gasteiger partial charge in [0.1, 0.15) is 5.54 Å². The van der Waals surface area contributed by atoms with Crippen LogP contribution in [-0.2, 0) is 4.79 Å². The van der Waals surface area contributed by atoms with Gasteiger partial charge < -0.3 is 24.8 Å². The van der Waals surface area contributed by atoms with Gasteiger partial charge >= 0.3 is 12.0 Å². The smallest absolute Gasteiger partial charge is 0.329 e. The number of benzene rings is 1. The molecular weight excluding hydrogens is 276 g/mol. The lowest BCUT2D eigenvalue weighted by atomic mass is 10.1. The van der Waals surface area contributed by atoms with Gasteiger partial charge in [0.05, 0.1) is 14.2 Å². The maximum atomic E-state index is 12.1. The average Bonchev–Trinajstić information content (AvgIpc) is 2.45. The van der Waals surface area contributed by atoms with E-state index >= 15 is 0 Å². The van der Waals surface area contributed by atoms with Crippen molar-refractivity contribution in [2.75, 3.05) is 26.6 Å². The average molecular weight is 296 g/mol. The highest BCUT2D eigenvalue weighted by molar-refractivity contribution is 5.93. The van der Waals surface area contributed by atoms with Gasteiger partial charge in [-0.3, -0.25) is 0 Å². The summed E-state index contributed by atoms with van der Waals surface area (Å²) in [5.74, 6) is -0.0855. The molecular formula is C14H20N2O5. The number of methoxy groups -OCH3 is 2. The Morgan fingerprint density at radius 1 is 1.19 bits per heavy atom. The largest absolute Gasteiger partial charge is 0.493 e. The maximum Gasteiger partial charge on any atom is 0.329 e. The van der Waals surface area contributed by atoms with Crippen LogP contribution in [0.3, 0.4) is 0 Å². The van der Waals surface area contributed by atoms with Crippen LogP contribution in [-0.4, -0.2) is 48.8 Å². The second kappa shape index (κ2) is 6.34. The molecule has 0 saturated heterocycles. The first-order valence-electron chi connectivity index (χ1n) is 6.24. The second-order valence-electron chi connectivity index (χ2n) is 4.92. The van der Waals surface area contributed by atoms with E-state index in [0.717, 1.165) is 4.90 Å². The van der Waals surface area contributed by atoms with E-state index in [1.54, 1.807) is 18.2 Å². The van der Waals surface area contributed by atoms with Gasteiger partial charge in [0.25, 0.3) is 0 Å². The fraction of sp³-hybridized carbons (Fsp3) is 0.429. The number of carboxylic acids is 1. The zero-order valence-electron chi connectivity index (χ0n) is 12.8. The Hall–Kier alpha value is -2.44. The highest BCUT2D eigenvalue weighted by atomic mass is 16.5. The molecule has 0 spiro atoms. The lowest BCUT2D eigenvalue weighted by molar-refractivity contribution is -0.146. The van der Waals surface area contributed by atoms with Crippen LogP contribution in [0.1, 0.15) is 13.8 Å². The number of rotatable bonds is 5. The maximum absolute atomic E-state index is 12.1. The van der Waals surface area contributed by atoms with Crippen molar-refractivity contribution < 1.29 is 24.2 Å². The Morgan fingerprint density at radius 2 is 1.76 bits per heavy atom. The number of hydrogen-bond acceptors (Lipinski definition) is 4. The fourth-order valence-electron chi connectivity index (χ4n) is 1.52. The molecule has 0 saturated carbocycles. The van der Waals surface area contributed by atoms with Gasteiger partial charge in [0.2, 0.25) is 0 Å². The molecule has 7 heteroatoms. The summed E-state index contributed by atoms with van der Waals surface area (Å²) >= 11 is 0. The fourth-order valence-corrected chi connectivity index (χ4v) is 1.52. The van der Waals surface area contributed by atoms with E-state index in [-0.39, 0.29) is 0 Å². The lowest BCUT2D eigenvalue weighted by Crippen LogP contribution is -2.52. The molecule has 116 valence electrons. The van der Waals surface area contributed by atoms with Gasteiger partial charge in [0, 0.05) is 18.8 Å². The lowest BCUT2D eigenvalue weighted by Gasteiger charge is -2.31. The Kier molecular flexibility index (Phi) is 5.02. The minimum absolute atomic E-state index is 0.468. The number of carboxylic acid groups (broad SMARTS) is 1. The first-order chi connectivity index (χ1) is 9.73. The van der Waals surface area contributed by atoms with Crippen LogP contribution in [0.25, 0.3) is 0 Å². The van der Waals surface area contributed by atoms with Crippen LogP contribution >= 0.6 is 0 Å². The van der Waals surface area contributed by atoms with Crippen molar-refractivity contribution in [3.05, 3.63) is 18.2 Å². The Balaban J connectivity index is 2.91. The molecule has 2 amide bonds. The number of carbonyl (C=O) groups excluding carboxylic acids is 1. The molecule has 0 aliphatic heterocycles. The predicted molar refractivity (Wildman–Crippen MR) is 78.0 cm³/mol. The highest BCUT2D eigenvalue weighted by Gasteiger charge is 2.35. The van der Waals surface area contributed by atoms with Gasteiger partial charge in [-0.25, -0.2) is 9.59 Å². The first kappa shape index (κ1) is 16.6. The molecule has 0 unspecified atom stereocenters. The number of urea groups is 1. The standard InChI is InChI=1S/C14H20N2O5/c1-14(2,12(17)18)16(3)13(19)15-9-6-7-10(20-4)11(8-9)21-5/h6-8H,1-5H3,(H,15,19)(H,17,18). The van der Waals surface area contributed by atoms with Gasteiger partial charge in [-0.2, -0.15) is 0 Å². The summed E-state index contributed by atoms with van der Waals surface area (Å²) in [6.07, 6.45) is 0. The third-order valence-corrected chi connectivity index (χ3v) is 3.30. The Morgan fingerprint density at radius 3 is 2.24 bits per heavy atom. The summed E-state index contributed by atoms with van der Waals surface area (Å²) in [6, 6.07) is 4.35. The number of amides is 2. The van der Waals surface area contributed by atoms with Gasteiger partial charge in [-0.1, -0.05) is 0 Å². The molecule has 1 rings (SSSR count). The van der Waals surface area contributed by atoms with E-state index in [2.05, 4.69) is 5.32 Å². The summed E-state index contributed by atoms with van der Waals surface area (Å²) in [4.78, 5) is 24.4. The first-order valence-corrected chi connectivity index (χ1v) is 6.24. The van der Waals surface area contributed by atoms with E-state index in [4.69, 9.17) is 14.6 Å². The summed E-state index contributed by atoms with van der Waals surface area (Å²) in [6.45, 7) is 2.90. The highest BCUT2D eigenvalue weighted by Crippen LogP contribution is 2.30. The monoisotopic (exact) mass is 296 g/mol. The third-order valence-electron chi connectivity index (χ3n) is 3.30. The van der Waals surface area contributed by atoms with Crippen LogP contribution in [0.4, 0.5) is 10.5 Å². The van der Waals surface area contributed by atoms with E-state index in [9.17, 15) is 9.59 Å². The second-order valence-corrected chi connectivity index (χ2v) is 4.92. The summed E-state index contributed by atoms with van der Waals surface area (Å²) < 4.78 is 10.2. The van der Waals surface area contributed by atoms with Crippen molar-refractivity contribution in [2.45, 2.75) is 19.4 Å². The van der Waals surface area contributed by atoms with Crippen LogP contribution in [0.5, 0.6) is 11.5 Å². The number of likely N-dealkylation sites (N-methyl/N-ethyl adjacent to an activating group) is 1. The summed E-state index contributed by atoms with van der Waals surface area (Å²) in [7, 11) is 4.42.